The molecule has 0 radical (unpaired) electrons. The topological polar surface area (TPSA) is 89.7 Å². The van der Waals surface area contributed by atoms with E-state index in [-0.39, 0.29) is 12.2 Å². The van der Waals surface area contributed by atoms with Crippen molar-refractivity contribution in [1.82, 2.24) is 0 Å². The van der Waals surface area contributed by atoms with Crippen molar-refractivity contribution in [3.63, 3.8) is 0 Å². The molecule has 0 spiro atoms. The maximum absolute atomic E-state index is 11.1. The number of hydrogen-bond donors (Lipinski definition) is 1. The monoisotopic (exact) mass is 273 g/mol. The lowest BCUT2D eigenvalue weighted by atomic mass is 9.99. The van der Waals surface area contributed by atoms with Crippen LogP contribution in [0.5, 0.6) is 0 Å². The molecule has 20 heavy (non-hydrogen) atoms. The highest BCUT2D eigenvalue weighted by molar-refractivity contribution is 5.95. The summed E-state index contributed by atoms with van der Waals surface area (Å²) in [6, 6.07) is 13.4. The summed E-state index contributed by atoms with van der Waals surface area (Å²) in [5, 5.41) is 18.4. The molecule has 6 nitrogen and oxygen atoms in total. The fourth-order valence-corrected chi connectivity index (χ4v) is 1.83. The van der Waals surface area contributed by atoms with Crippen LogP contribution in [0, 0.1) is 10.1 Å². The van der Waals surface area contributed by atoms with Gasteiger partial charge in [0.05, 0.1) is 5.56 Å². The Balaban J connectivity index is 2.26. The van der Waals surface area contributed by atoms with E-state index in [0.717, 1.165) is 5.56 Å². The van der Waals surface area contributed by atoms with Crippen LogP contribution in [0.2, 0.25) is 0 Å². The molecule has 0 saturated heterocycles. The van der Waals surface area contributed by atoms with Crippen molar-refractivity contribution in [1.29, 1.82) is 0 Å². The Morgan fingerprint density at radius 1 is 1.15 bits per heavy atom. The first-order valence-electron chi connectivity index (χ1n) is 5.77. The van der Waals surface area contributed by atoms with Crippen molar-refractivity contribution in [2.24, 2.45) is 0 Å². The largest absolute Gasteiger partial charge is 0.478 e. The molecular formula is C14H11NO5. The molecule has 2 rings (SSSR count). The Morgan fingerprint density at radius 2 is 1.80 bits per heavy atom. The summed E-state index contributed by atoms with van der Waals surface area (Å²) in [7, 11) is 0. The van der Waals surface area contributed by atoms with Crippen LogP contribution in [0.25, 0.3) is 11.1 Å². The van der Waals surface area contributed by atoms with Gasteiger partial charge in [-0.25, -0.2) is 4.79 Å². The normalized spacial score (nSPS) is 10.0. The molecule has 0 heterocycles. The van der Waals surface area contributed by atoms with Gasteiger partial charge in [0.2, 0.25) is 0 Å². The van der Waals surface area contributed by atoms with Crippen LogP contribution in [0.4, 0.5) is 0 Å². The van der Waals surface area contributed by atoms with Crippen LogP contribution in [-0.2, 0) is 11.4 Å². The minimum atomic E-state index is -0.999. The minimum absolute atomic E-state index is 0.131. The fraction of sp³-hybridized carbons (Fsp3) is 0.0714. The van der Waals surface area contributed by atoms with Gasteiger partial charge in [0, 0.05) is 0 Å². The van der Waals surface area contributed by atoms with E-state index in [1.807, 2.05) is 0 Å². The van der Waals surface area contributed by atoms with Crippen LogP contribution in [-0.4, -0.2) is 16.2 Å². The summed E-state index contributed by atoms with van der Waals surface area (Å²) < 4.78 is 0. The average molecular weight is 273 g/mol. The Bertz CT molecular complexity index is 636. The molecule has 0 amide bonds. The Kier molecular flexibility index (Phi) is 3.95. The van der Waals surface area contributed by atoms with Gasteiger partial charge < -0.3 is 9.94 Å². The molecule has 2 aromatic rings. The first-order chi connectivity index (χ1) is 9.58. The first kappa shape index (κ1) is 13.5. The summed E-state index contributed by atoms with van der Waals surface area (Å²) in [6.07, 6.45) is 0. The fourth-order valence-electron chi connectivity index (χ4n) is 1.83. The van der Waals surface area contributed by atoms with Crippen molar-refractivity contribution in [3.8, 4) is 11.1 Å². The number of aromatic carboxylic acids is 1. The van der Waals surface area contributed by atoms with E-state index >= 15 is 0 Å². The third kappa shape index (κ3) is 3.11. The second-order valence-corrected chi connectivity index (χ2v) is 4.04. The zero-order valence-electron chi connectivity index (χ0n) is 10.4. The lowest BCUT2D eigenvalue weighted by Crippen LogP contribution is -2.01. The van der Waals surface area contributed by atoms with E-state index in [2.05, 4.69) is 4.84 Å². The molecule has 6 heteroatoms. The molecule has 2 aromatic carbocycles. The molecule has 0 saturated carbocycles. The standard InChI is InChI=1S/C14H11NO5/c16-14(17)13-4-2-1-3-12(13)11-7-5-10(6-8-11)9-20-15(18)19/h1-8H,9H2,(H,16,17). The summed E-state index contributed by atoms with van der Waals surface area (Å²) in [6.45, 7) is -0.131. The number of carbonyl (C=O) groups is 1. The van der Waals surface area contributed by atoms with Gasteiger partial charge in [-0.2, -0.15) is 0 Å². The van der Waals surface area contributed by atoms with Crippen molar-refractivity contribution >= 4 is 5.97 Å². The molecule has 0 fully saturated rings. The predicted octanol–water partition coefficient (Wildman–Crippen LogP) is 2.76. The van der Waals surface area contributed by atoms with Gasteiger partial charge in [0.25, 0.3) is 5.09 Å². The molecule has 0 aromatic heterocycles. The predicted molar refractivity (Wildman–Crippen MR) is 70.6 cm³/mol. The van der Waals surface area contributed by atoms with Gasteiger partial charge in [-0.15, -0.1) is 10.1 Å². The van der Waals surface area contributed by atoms with E-state index in [9.17, 15) is 14.9 Å². The van der Waals surface area contributed by atoms with Crippen molar-refractivity contribution in [2.75, 3.05) is 0 Å². The quantitative estimate of drug-likeness (QED) is 0.668. The third-order valence-corrected chi connectivity index (χ3v) is 2.76. The van der Waals surface area contributed by atoms with E-state index in [4.69, 9.17) is 5.11 Å². The third-order valence-electron chi connectivity index (χ3n) is 2.76. The van der Waals surface area contributed by atoms with Crippen molar-refractivity contribution in [3.05, 3.63) is 69.8 Å². The zero-order chi connectivity index (χ0) is 14.5. The molecule has 0 bridgehead atoms. The molecular weight excluding hydrogens is 262 g/mol. The van der Waals surface area contributed by atoms with Gasteiger partial charge in [-0.1, -0.05) is 42.5 Å². The first-order valence-corrected chi connectivity index (χ1v) is 5.77. The van der Waals surface area contributed by atoms with Gasteiger partial charge >= 0.3 is 5.97 Å². The molecule has 102 valence electrons. The number of hydrogen-bond acceptors (Lipinski definition) is 4. The lowest BCUT2D eigenvalue weighted by Gasteiger charge is -2.07. The number of nitrogens with zero attached hydrogens (tertiary/aromatic N) is 1. The average Bonchev–Trinajstić information content (AvgIpc) is 2.45. The summed E-state index contributed by atoms with van der Waals surface area (Å²) in [5.74, 6) is -0.999. The number of carboxylic acids is 1. The summed E-state index contributed by atoms with van der Waals surface area (Å²) in [4.78, 5) is 25.5. The Labute approximate surface area is 114 Å². The minimum Gasteiger partial charge on any atom is -0.478 e. The molecule has 0 aliphatic heterocycles. The van der Waals surface area contributed by atoms with Crippen LogP contribution in [0.1, 0.15) is 15.9 Å². The Morgan fingerprint density at radius 3 is 2.40 bits per heavy atom. The van der Waals surface area contributed by atoms with Crippen LogP contribution in [0.15, 0.2) is 48.5 Å². The van der Waals surface area contributed by atoms with Crippen molar-refractivity contribution < 1.29 is 19.8 Å². The highest BCUT2D eigenvalue weighted by Crippen LogP contribution is 2.24. The SMILES string of the molecule is O=C(O)c1ccccc1-c1ccc(CO[N+](=O)[O-])cc1. The maximum Gasteiger partial charge on any atom is 0.336 e. The van der Waals surface area contributed by atoms with Crippen LogP contribution < -0.4 is 0 Å². The zero-order valence-corrected chi connectivity index (χ0v) is 10.4. The summed E-state index contributed by atoms with van der Waals surface area (Å²) in [5.41, 5.74) is 2.18. The highest BCUT2D eigenvalue weighted by Gasteiger charge is 2.10. The van der Waals surface area contributed by atoms with E-state index < -0.39 is 11.1 Å². The molecule has 0 atom stereocenters. The van der Waals surface area contributed by atoms with E-state index in [1.165, 1.54) is 6.07 Å². The number of benzene rings is 2. The van der Waals surface area contributed by atoms with Crippen LogP contribution >= 0.6 is 0 Å². The van der Waals surface area contributed by atoms with Gasteiger partial charge in [-0.3, -0.25) is 0 Å². The Hall–Kier alpha value is -2.89. The molecule has 1 N–H and O–H groups in total. The van der Waals surface area contributed by atoms with E-state index in [1.54, 1.807) is 42.5 Å². The molecule has 0 aliphatic carbocycles. The number of carboxylic acid groups (broad SMARTS) is 1. The highest BCUT2D eigenvalue weighted by atomic mass is 16.9. The summed E-state index contributed by atoms with van der Waals surface area (Å²) >= 11 is 0. The van der Waals surface area contributed by atoms with Gasteiger partial charge in [0.15, 0.2) is 0 Å². The lowest BCUT2D eigenvalue weighted by molar-refractivity contribution is -0.763. The van der Waals surface area contributed by atoms with Crippen molar-refractivity contribution in [2.45, 2.75) is 6.61 Å². The van der Waals surface area contributed by atoms with Crippen LogP contribution in [0.3, 0.4) is 0 Å². The van der Waals surface area contributed by atoms with Gasteiger partial charge in [-0.05, 0) is 22.8 Å². The van der Waals surface area contributed by atoms with Gasteiger partial charge in [0.1, 0.15) is 6.61 Å². The number of rotatable bonds is 5. The maximum atomic E-state index is 11.1. The molecule has 0 aliphatic rings. The smallest absolute Gasteiger partial charge is 0.336 e. The molecule has 0 unspecified atom stereocenters. The second-order valence-electron chi connectivity index (χ2n) is 4.04. The van der Waals surface area contributed by atoms with E-state index in [0.29, 0.717) is 11.1 Å². The second kappa shape index (κ2) is 5.83.